The third kappa shape index (κ3) is 3.75. The molecule has 3 aromatic rings. The number of carbonyl (C=O) groups is 1. The van der Waals surface area contributed by atoms with Gasteiger partial charge in [0, 0.05) is 48.0 Å². The average molecular weight is 368 g/mol. The summed E-state index contributed by atoms with van der Waals surface area (Å²) in [5, 5.41) is 1.07. The standard InChI is InChI=1S/C21H24N2O4/c1-25-9-8-15(18-12-23-19-7-5-14(22)11-17(18)19)16-6-4-13(21(24)27-3)10-20(16)26-2/h4-7,10-12,15,23H,8-9,22H2,1-3H3. The van der Waals surface area contributed by atoms with Crippen molar-refractivity contribution in [2.75, 3.05) is 33.7 Å². The van der Waals surface area contributed by atoms with Crippen LogP contribution in [0.3, 0.4) is 0 Å². The minimum Gasteiger partial charge on any atom is -0.496 e. The number of aromatic amines is 1. The third-order valence-electron chi connectivity index (χ3n) is 4.75. The molecule has 0 aliphatic rings. The van der Waals surface area contributed by atoms with Gasteiger partial charge in [0.15, 0.2) is 0 Å². The first-order valence-electron chi connectivity index (χ1n) is 8.70. The van der Waals surface area contributed by atoms with Gasteiger partial charge < -0.3 is 24.9 Å². The van der Waals surface area contributed by atoms with Crippen LogP contribution in [-0.4, -0.2) is 38.9 Å². The van der Waals surface area contributed by atoms with Gasteiger partial charge in [-0.3, -0.25) is 0 Å². The molecular weight excluding hydrogens is 344 g/mol. The molecule has 0 amide bonds. The zero-order valence-electron chi connectivity index (χ0n) is 15.7. The molecule has 3 rings (SSSR count). The summed E-state index contributed by atoms with van der Waals surface area (Å²) in [5.74, 6) is 0.257. The highest BCUT2D eigenvalue weighted by Crippen LogP contribution is 2.38. The number of ether oxygens (including phenoxy) is 3. The number of anilines is 1. The minimum absolute atomic E-state index is 0.0159. The number of nitrogens with two attached hydrogens (primary N) is 1. The molecule has 3 N–H and O–H groups in total. The highest BCUT2D eigenvalue weighted by molar-refractivity contribution is 5.90. The normalized spacial score (nSPS) is 12.1. The van der Waals surface area contributed by atoms with Crippen molar-refractivity contribution >= 4 is 22.6 Å². The number of esters is 1. The Hall–Kier alpha value is -2.99. The molecule has 2 aromatic carbocycles. The van der Waals surface area contributed by atoms with Gasteiger partial charge >= 0.3 is 5.97 Å². The van der Waals surface area contributed by atoms with Crippen LogP contribution in [0.1, 0.15) is 33.8 Å². The van der Waals surface area contributed by atoms with Gasteiger partial charge in [-0.2, -0.15) is 0 Å². The van der Waals surface area contributed by atoms with Crippen LogP contribution < -0.4 is 10.5 Å². The van der Waals surface area contributed by atoms with Gasteiger partial charge in [0.2, 0.25) is 0 Å². The van der Waals surface area contributed by atoms with E-state index in [9.17, 15) is 4.79 Å². The summed E-state index contributed by atoms with van der Waals surface area (Å²) in [4.78, 5) is 15.2. The van der Waals surface area contributed by atoms with Crippen LogP contribution in [0.25, 0.3) is 10.9 Å². The molecule has 0 fully saturated rings. The van der Waals surface area contributed by atoms with E-state index in [1.807, 2.05) is 30.5 Å². The van der Waals surface area contributed by atoms with Crippen LogP contribution in [-0.2, 0) is 9.47 Å². The molecule has 0 radical (unpaired) electrons. The summed E-state index contributed by atoms with van der Waals surface area (Å²) in [7, 11) is 4.64. The molecule has 1 atom stereocenters. The van der Waals surface area contributed by atoms with Crippen molar-refractivity contribution in [1.29, 1.82) is 0 Å². The molecule has 0 saturated carbocycles. The molecule has 0 aliphatic heterocycles. The Balaban J connectivity index is 2.12. The smallest absolute Gasteiger partial charge is 0.337 e. The number of benzene rings is 2. The Morgan fingerprint density at radius 1 is 1.11 bits per heavy atom. The lowest BCUT2D eigenvalue weighted by atomic mass is 9.87. The maximum absolute atomic E-state index is 11.9. The summed E-state index contributed by atoms with van der Waals surface area (Å²) < 4.78 is 15.7. The van der Waals surface area contributed by atoms with Gasteiger partial charge in [0.25, 0.3) is 0 Å². The Morgan fingerprint density at radius 3 is 2.63 bits per heavy atom. The van der Waals surface area contributed by atoms with E-state index in [-0.39, 0.29) is 5.92 Å². The van der Waals surface area contributed by atoms with Gasteiger partial charge in [-0.1, -0.05) is 6.07 Å². The van der Waals surface area contributed by atoms with Crippen molar-refractivity contribution in [3.05, 3.63) is 59.3 Å². The third-order valence-corrected chi connectivity index (χ3v) is 4.75. The topological polar surface area (TPSA) is 86.6 Å². The molecule has 6 heteroatoms. The lowest BCUT2D eigenvalue weighted by Gasteiger charge is -2.20. The monoisotopic (exact) mass is 368 g/mol. The molecule has 0 saturated heterocycles. The highest BCUT2D eigenvalue weighted by atomic mass is 16.5. The zero-order chi connectivity index (χ0) is 19.4. The van der Waals surface area contributed by atoms with Gasteiger partial charge in [0.1, 0.15) is 5.75 Å². The van der Waals surface area contributed by atoms with Crippen LogP contribution in [0.2, 0.25) is 0 Å². The van der Waals surface area contributed by atoms with Crippen LogP contribution in [0, 0.1) is 0 Å². The van der Waals surface area contributed by atoms with Crippen molar-refractivity contribution in [3.63, 3.8) is 0 Å². The van der Waals surface area contributed by atoms with Crippen LogP contribution in [0.5, 0.6) is 5.75 Å². The van der Waals surface area contributed by atoms with Crippen molar-refractivity contribution in [2.24, 2.45) is 0 Å². The van der Waals surface area contributed by atoms with Crippen LogP contribution in [0.15, 0.2) is 42.6 Å². The highest BCUT2D eigenvalue weighted by Gasteiger charge is 2.23. The molecule has 6 nitrogen and oxygen atoms in total. The number of fused-ring (bicyclic) bond motifs is 1. The second-order valence-electron chi connectivity index (χ2n) is 6.33. The SMILES string of the molecule is COCCC(c1ccc(C(=O)OC)cc1OC)c1c[nH]c2ccc(N)cc12. The summed E-state index contributed by atoms with van der Waals surface area (Å²) in [6, 6.07) is 11.2. The van der Waals surface area contributed by atoms with E-state index in [4.69, 9.17) is 19.9 Å². The second-order valence-corrected chi connectivity index (χ2v) is 6.33. The van der Waals surface area contributed by atoms with Crippen molar-refractivity contribution < 1.29 is 19.0 Å². The Bertz CT molecular complexity index is 949. The first-order chi connectivity index (χ1) is 13.1. The van der Waals surface area contributed by atoms with Gasteiger partial charge in [-0.25, -0.2) is 4.79 Å². The summed E-state index contributed by atoms with van der Waals surface area (Å²) in [5.41, 5.74) is 10.3. The van der Waals surface area contributed by atoms with E-state index in [0.29, 0.717) is 23.6 Å². The Morgan fingerprint density at radius 2 is 1.93 bits per heavy atom. The number of aromatic nitrogens is 1. The fraction of sp³-hybridized carbons (Fsp3) is 0.286. The molecule has 142 valence electrons. The molecule has 0 aliphatic carbocycles. The molecule has 27 heavy (non-hydrogen) atoms. The summed E-state index contributed by atoms with van der Waals surface area (Å²) >= 11 is 0. The number of nitrogen functional groups attached to an aromatic ring is 1. The van der Waals surface area contributed by atoms with E-state index in [1.54, 1.807) is 26.4 Å². The van der Waals surface area contributed by atoms with E-state index in [0.717, 1.165) is 28.5 Å². The minimum atomic E-state index is -0.395. The quantitative estimate of drug-likeness (QED) is 0.490. The largest absolute Gasteiger partial charge is 0.496 e. The fourth-order valence-electron chi connectivity index (χ4n) is 3.41. The first-order valence-corrected chi connectivity index (χ1v) is 8.70. The van der Waals surface area contributed by atoms with E-state index >= 15 is 0 Å². The van der Waals surface area contributed by atoms with E-state index < -0.39 is 5.97 Å². The van der Waals surface area contributed by atoms with Crippen molar-refractivity contribution in [1.82, 2.24) is 4.98 Å². The molecule has 1 unspecified atom stereocenters. The molecular formula is C21H24N2O4. The first kappa shape index (κ1) is 18.8. The molecule has 1 heterocycles. The van der Waals surface area contributed by atoms with Gasteiger partial charge in [-0.05, 0) is 42.3 Å². The summed E-state index contributed by atoms with van der Waals surface area (Å²) in [6.07, 6.45) is 2.75. The number of nitrogens with one attached hydrogen (secondary N) is 1. The zero-order valence-corrected chi connectivity index (χ0v) is 15.7. The number of methoxy groups -OCH3 is 3. The predicted octanol–water partition coefficient (Wildman–Crippen LogP) is 3.71. The maximum atomic E-state index is 11.9. The number of H-pyrrole nitrogens is 1. The van der Waals surface area contributed by atoms with Crippen molar-refractivity contribution in [3.8, 4) is 5.75 Å². The Labute approximate surface area is 158 Å². The predicted molar refractivity (Wildman–Crippen MR) is 105 cm³/mol. The lowest BCUT2D eigenvalue weighted by molar-refractivity contribution is 0.0600. The number of hydrogen-bond acceptors (Lipinski definition) is 5. The number of rotatable bonds is 7. The lowest BCUT2D eigenvalue weighted by Crippen LogP contribution is -2.08. The molecule has 0 bridgehead atoms. The van der Waals surface area contributed by atoms with Crippen LogP contribution >= 0.6 is 0 Å². The van der Waals surface area contributed by atoms with E-state index in [2.05, 4.69) is 4.98 Å². The van der Waals surface area contributed by atoms with Crippen molar-refractivity contribution in [2.45, 2.75) is 12.3 Å². The van der Waals surface area contributed by atoms with Gasteiger partial charge in [-0.15, -0.1) is 0 Å². The summed E-state index contributed by atoms with van der Waals surface area (Å²) in [6.45, 7) is 0.585. The number of hydrogen-bond donors (Lipinski definition) is 2. The number of carbonyl (C=O) groups excluding carboxylic acids is 1. The van der Waals surface area contributed by atoms with Crippen LogP contribution in [0.4, 0.5) is 5.69 Å². The molecule has 0 spiro atoms. The average Bonchev–Trinajstić information content (AvgIpc) is 3.10. The van der Waals surface area contributed by atoms with E-state index in [1.165, 1.54) is 7.11 Å². The molecule has 1 aromatic heterocycles. The second kappa shape index (κ2) is 8.14. The fourth-order valence-corrected chi connectivity index (χ4v) is 3.41. The van der Waals surface area contributed by atoms with Gasteiger partial charge in [0.05, 0.1) is 19.8 Å². The maximum Gasteiger partial charge on any atom is 0.337 e. The Kier molecular flexibility index (Phi) is 5.66.